The molecule has 0 aromatic carbocycles. The van der Waals surface area contributed by atoms with Crippen molar-refractivity contribution in [3.05, 3.63) is 24.3 Å². The first-order chi connectivity index (χ1) is 27.0. The lowest BCUT2D eigenvalue weighted by molar-refractivity contribution is -0.870. The van der Waals surface area contributed by atoms with Gasteiger partial charge in [-0.2, -0.15) is 0 Å². The molecule has 0 fully saturated rings. The lowest BCUT2D eigenvalue weighted by Crippen LogP contribution is -2.45. The smallest absolute Gasteiger partial charge is 0.387 e. The Balaban J connectivity index is 4.38. The fraction of sp³-hybridized carbons (Fsp3) is 0.894. The first-order valence-electron chi connectivity index (χ1n) is 23.7. The maximum absolute atomic E-state index is 12.9. The van der Waals surface area contributed by atoms with Gasteiger partial charge in [-0.05, 0) is 44.9 Å². The summed E-state index contributed by atoms with van der Waals surface area (Å²) in [5.74, 6) is -0.181. The van der Waals surface area contributed by atoms with Gasteiger partial charge in [0.1, 0.15) is 13.2 Å². The predicted molar refractivity (Wildman–Crippen MR) is 240 cm³/mol. The van der Waals surface area contributed by atoms with E-state index in [-0.39, 0.29) is 19.1 Å². The molecule has 9 heteroatoms. The maximum Gasteiger partial charge on any atom is 0.472 e. The Labute approximate surface area is 347 Å². The monoisotopic (exact) mass is 814 g/mol. The molecule has 1 amide bonds. The van der Waals surface area contributed by atoms with E-state index in [1.807, 2.05) is 27.2 Å². The summed E-state index contributed by atoms with van der Waals surface area (Å²) in [6.07, 6.45) is 46.7. The van der Waals surface area contributed by atoms with Gasteiger partial charge in [0.15, 0.2) is 0 Å². The standard InChI is InChI=1S/C47H93N2O6P/c1-6-8-10-12-14-16-18-20-22-24-26-28-30-32-34-36-38-40-46(50)45(44-55-56(52,53)54-43-42-49(3,4)5)48-47(51)41-39-37-35-33-31-29-27-25-23-21-19-17-15-13-11-9-7-2/h21,23,38,40,45-46,50H,6-20,22,24-37,39,41-44H2,1-5H3,(H-,48,51,52,53)/p+1/b23-21-,40-38+. The first-order valence-corrected chi connectivity index (χ1v) is 25.2. The largest absolute Gasteiger partial charge is 0.472 e. The van der Waals surface area contributed by atoms with E-state index in [1.165, 1.54) is 161 Å². The quantitative estimate of drug-likeness (QED) is 0.0245. The number of allylic oxidation sites excluding steroid dienone is 3. The Bertz CT molecular complexity index is 969. The van der Waals surface area contributed by atoms with Gasteiger partial charge in [0, 0.05) is 6.42 Å². The predicted octanol–water partition coefficient (Wildman–Crippen LogP) is 13.3. The molecule has 0 saturated heterocycles. The van der Waals surface area contributed by atoms with Gasteiger partial charge in [-0.1, -0.05) is 192 Å². The van der Waals surface area contributed by atoms with Crippen molar-refractivity contribution in [3.63, 3.8) is 0 Å². The second kappa shape index (κ2) is 39.4. The molecular weight excluding hydrogens is 719 g/mol. The third kappa shape index (κ3) is 41.2. The highest BCUT2D eigenvalue weighted by atomic mass is 31.2. The molecule has 0 spiro atoms. The third-order valence-electron chi connectivity index (χ3n) is 10.7. The van der Waals surface area contributed by atoms with Crippen LogP contribution in [0.25, 0.3) is 0 Å². The van der Waals surface area contributed by atoms with E-state index in [0.717, 1.165) is 38.5 Å². The zero-order chi connectivity index (χ0) is 41.4. The zero-order valence-corrected chi connectivity index (χ0v) is 38.5. The Hall–Kier alpha value is -1.02. The number of unbranched alkanes of at least 4 members (excludes halogenated alkanes) is 28. The average molecular weight is 814 g/mol. The number of nitrogens with zero attached hydrogens (tertiary/aromatic N) is 1. The Morgan fingerprint density at radius 1 is 0.589 bits per heavy atom. The van der Waals surface area contributed by atoms with E-state index >= 15 is 0 Å². The summed E-state index contributed by atoms with van der Waals surface area (Å²) in [5.41, 5.74) is 0. The lowest BCUT2D eigenvalue weighted by Gasteiger charge is -2.25. The van der Waals surface area contributed by atoms with Gasteiger partial charge in [-0.3, -0.25) is 13.8 Å². The third-order valence-corrected chi connectivity index (χ3v) is 11.6. The van der Waals surface area contributed by atoms with Crippen LogP contribution in [-0.4, -0.2) is 73.4 Å². The number of rotatable bonds is 43. The van der Waals surface area contributed by atoms with E-state index in [2.05, 4.69) is 31.3 Å². The number of carbonyl (C=O) groups excluding carboxylic acids is 1. The van der Waals surface area contributed by atoms with Crippen molar-refractivity contribution >= 4 is 13.7 Å². The number of aliphatic hydroxyl groups excluding tert-OH is 1. The van der Waals surface area contributed by atoms with Crippen molar-refractivity contribution < 1.29 is 32.9 Å². The number of nitrogens with one attached hydrogen (secondary N) is 1. The highest BCUT2D eigenvalue weighted by Crippen LogP contribution is 2.43. The molecule has 0 aliphatic heterocycles. The minimum atomic E-state index is -4.34. The van der Waals surface area contributed by atoms with E-state index < -0.39 is 20.0 Å². The molecule has 8 nitrogen and oxygen atoms in total. The van der Waals surface area contributed by atoms with Crippen molar-refractivity contribution in [1.29, 1.82) is 0 Å². The number of hydrogen-bond acceptors (Lipinski definition) is 5. The van der Waals surface area contributed by atoms with Gasteiger partial charge in [0.25, 0.3) is 0 Å². The summed E-state index contributed by atoms with van der Waals surface area (Å²) in [6.45, 7) is 4.82. The highest BCUT2D eigenvalue weighted by Gasteiger charge is 2.27. The molecule has 0 aromatic heterocycles. The number of phosphoric acid groups is 1. The number of carbonyl (C=O) groups is 1. The molecule has 3 atom stereocenters. The second-order valence-corrected chi connectivity index (χ2v) is 18.9. The van der Waals surface area contributed by atoms with Crippen LogP contribution in [0, 0.1) is 0 Å². The zero-order valence-electron chi connectivity index (χ0n) is 37.6. The van der Waals surface area contributed by atoms with Gasteiger partial charge in [-0.15, -0.1) is 0 Å². The van der Waals surface area contributed by atoms with E-state index in [4.69, 9.17) is 9.05 Å². The fourth-order valence-corrected chi connectivity index (χ4v) is 7.60. The summed E-state index contributed by atoms with van der Waals surface area (Å²) in [7, 11) is 1.57. The van der Waals surface area contributed by atoms with Crippen molar-refractivity contribution in [2.24, 2.45) is 0 Å². The summed E-state index contributed by atoms with van der Waals surface area (Å²) in [6, 6.07) is -0.845. The number of amides is 1. The van der Waals surface area contributed by atoms with E-state index in [9.17, 15) is 19.4 Å². The Morgan fingerprint density at radius 2 is 0.964 bits per heavy atom. The van der Waals surface area contributed by atoms with Crippen LogP contribution in [0.1, 0.15) is 219 Å². The molecule has 0 radical (unpaired) electrons. The van der Waals surface area contributed by atoms with Crippen molar-refractivity contribution in [2.45, 2.75) is 231 Å². The highest BCUT2D eigenvalue weighted by molar-refractivity contribution is 7.47. The van der Waals surface area contributed by atoms with Gasteiger partial charge in [-0.25, -0.2) is 4.57 Å². The molecule has 0 rings (SSSR count). The van der Waals surface area contributed by atoms with Crippen LogP contribution >= 0.6 is 7.82 Å². The summed E-state index contributed by atoms with van der Waals surface area (Å²) < 4.78 is 23.6. The first kappa shape index (κ1) is 55.0. The molecule has 0 aromatic rings. The van der Waals surface area contributed by atoms with Gasteiger partial charge in [0.2, 0.25) is 5.91 Å². The molecule has 332 valence electrons. The van der Waals surface area contributed by atoms with E-state index in [0.29, 0.717) is 17.4 Å². The van der Waals surface area contributed by atoms with Crippen molar-refractivity contribution in [2.75, 3.05) is 40.9 Å². The van der Waals surface area contributed by atoms with Crippen LogP contribution in [0.5, 0.6) is 0 Å². The molecule has 0 aliphatic carbocycles. The van der Waals surface area contributed by atoms with Crippen LogP contribution in [0.3, 0.4) is 0 Å². The molecule has 0 heterocycles. The van der Waals surface area contributed by atoms with Crippen molar-refractivity contribution in [3.8, 4) is 0 Å². The summed E-state index contributed by atoms with van der Waals surface area (Å²) in [5, 5.41) is 13.9. The average Bonchev–Trinajstić information content (AvgIpc) is 3.15. The lowest BCUT2D eigenvalue weighted by atomic mass is 10.0. The molecular formula is C47H94N2O6P+. The van der Waals surface area contributed by atoms with Crippen LogP contribution in [0.15, 0.2) is 24.3 Å². The minimum Gasteiger partial charge on any atom is -0.387 e. The normalized spacial score (nSPS) is 14.5. The van der Waals surface area contributed by atoms with Crippen LogP contribution in [0.4, 0.5) is 0 Å². The molecule has 0 bridgehead atoms. The molecule has 3 unspecified atom stereocenters. The molecule has 0 saturated carbocycles. The van der Waals surface area contributed by atoms with Gasteiger partial charge >= 0.3 is 7.82 Å². The number of phosphoric ester groups is 1. The Kier molecular flexibility index (Phi) is 38.7. The number of aliphatic hydroxyl groups is 1. The van der Waals surface area contributed by atoms with Crippen LogP contribution in [-0.2, 0) is 18.4 Å². The number of hydrogen-bond donors (Lipinski definition) is 3. The topological polar surface area (TPSA) is 105 Å². The second-order valence-electron chi connectivity index (χ2n) is 17.5. The number of quaternary nitrogens is 1. The Morgan fingerprint density at radius 3 is 1.38 bits per heavy atom. The summed E-state index contributed by atoms with van der Waals surface area (Å²) >= 11 is 0. The maximum atomic E-state index is 12.9. The SMILES string of the molecule is CCCCCCCC/C=C\CCCCCCCCCC(=O)NC(COP(=O)(O)OCC[N+](C)(C)C)C(O)/C=C/CCCCCCCCCCCCCCCCC. The molecule has 56 heavy (non-hydrogen) atoms. The molecule has 0 aliphatic rings. The van der Waals surface area contributed by atoms with Crippen molar-refractivity contribution in [1.82, 2.24) is 5.32 Å². The number of likely N-dealkylation sites (N-methyl/N-ethyl adjacent to an activating group) is 1. The summed E-state index contributed by atoms with van der Waals surface area (Å²) in [4.78, 5) is 23.1. The fourth-order valence-electron chi connectivity index (χ4n) is 6.86. The molecule has 3 N–H and O–H groups in total. The van der Waals surface area contributed by atoms with Gasteiger partial charge < -0.3 is 19.8 Å². The van der Waals surface area contributed by atoms with E-state index in [1.54, 1.807) is 6.08 Å². The minimum absolute atomic E-state index is 0.0619. The van der Waals surface area contributed by atoms with Gasteiger partial charge in [0.05, 0.1) is 39.9 Å². The van der Waals surface area contributed by atoms with Crippen LogP contribution < -0.4 is 5.32 Å². The van der Waals surface area contributed by atoms with Crippen LogP contribution in [0.2, 0.25) is 0 Å².